The minimum absolute atomic E-state index is 0.148. The minimum atomic E-state index is -0.499. The Labute approximate surface area is 103 Å². The summed E-state index contributed by atoms with van der Waals surface area (Å²) in [4.78, 5) is 24.4. The van der Waals surface area contributed by atoms with Gasteiger partial charge in [-0.25, -0.2) is 4.79 Å². The molecule has 0 aliphatic rings. The second-order valence-corrected chi connectivity index (χ2v) is 5.04. The summed E-state index contributed by atoms with van der Waals surface area (Å²) in [5.74, 6) is 0.148. The fourth-order valence-corrected chi connectivity index (χ4v) is 1.11. The summed E-state index contributed by atoms with van der Waals surface area (Å²) >= 11 is 0. The first-order valence-electron chi connectivity index (χ1n) is 5.86. The van der Waals surface area contributed by atoms with Crippen LogP contribution < -0.4 is 5.32 Å². The summed E-state index contributed by atoms with van der Waals surface area (Å²) in [6, 6.07) is 0. The number of carbonyl (C=O) groups excluding carboxylic acids is 2. The Morgan fingerprint density at radius 3 is 2.29 bits per heavy atom. The van der Waals surface area contributed by atoms with E-state index in [4.69, 9.17) is 4.74 Å². The monoisotopic (exact) mass is 244 g/mol. The van der Waals surface area contributed by atoms with Crippen molar-refractivity contribution in [1.29, 1.82) is 0 Å². The lowest BCUT2D eigenvalue weighted by Gasteiger charge is -2.24. The second kappa shape index (κ2) is 7.27. The molecule has 0 aromatic carbocycles. The van der Waals surface area contributed by atoms with Crippen molar-refractivity contribution in [2.45, 2.75) is 39.2 Å². The third-order valence-corrected chi connectivity index (χ3v) is 2.09. The lowest BCUT2D eigenvalue weighted by Crippen LogP contribution is -2.35. The van der Waals surface area contributed by atoms with E-state index >= 15 is 0 Å². The van der Waals surface area contributed by atoms with Gasteiger partial charge in [0.1, 0.15) is 11.4 Å². The van der Waals surface area contributed by atoms with E-state index in [2.05, 4.69) is 5.32 Å². The highest BCUT2D eigenvalue weighted by molar-refractivity contribution is 5.79. The Bertz CT molecular complexity index is 259. The molecule has 0 radical (unpaired) electrons. The molecule has 0 saturated carbocycles. The van der Waals surface area contributed by atoms with Crippen molar-refractivity contribution in [2.75, 3.05) is 27.2 Å². The van der Waals surface area contributed by atoms with Gasteiger partial charge >= 0.3 is 6.09 Å². The van der Waals surface area contributed by atoms with Gasteiger partial charge in [0, 0.05) is 33.0 Å². The number of carbonyl (C=O) groups is 2. The summed E-state index contributed by atoms with van der Waals surface area (Å²) in [6.07, 6.45) is 0.481. The molecule has 0 heterocycles. The summed E-state index contributed by atoms with van der Waals surface area (Å²) in [7, 11) is 3.44. The van der Waals surface area contributed by atoms with Crippen LogP contribution in [0.2, 0.25) is 0 Å². The zero-order valence-electron chi connectivity index (χ0n) is 11.5. The van der Waals surface area contributed by atoms with E-state index in [1.807, 2.05) is 20.8 Å². The van der Waals surface area contributed by atoms with Crippen molar-refractivity contribution in [3.8, 4) is 0 Å². The van der Waals surface area contributed by atoms with Gasteiger partial charge in [0.2, 0.25) is 0 Å². The van der Waals surface area contributed by atoms with Crippen molar-refractivity contribution in [1.82, 2.24) is 10.2 Å². The smallest absolute Gasteiger partial charge is 0.410 e. The number of amides is 1. The maximum atomic E-state index is 11.6. The van der Waals surface area contributed by atoms with E-state index < -0.39 is 5.60 Å². The highest BCUT2D eigenvalue weighted by Gasteiger charge is 2.19. The Morgan fingerprint density at radius 2 is 1.82 bits per heavy atom. The lowest BCUT2D eigenvalue weighted by molar-refractivity contribution is -0.119. The maximum Gasteiger partial charge on any atom is 0.410 e. The van der Waals surface area contributed by atoms with Crippen LogP contribution in [0.5, 0.6) is 0 Å². The molecule has 0 unspecified atom stereocenters. The number of ketones is 1. The molecule has 0 aromatic heterocycles. The Morgan fingerprint density at radius 1 is 1.24 bits per heavy atom. The van der Waals surface area contributed by atoms with Crippen molar-refractivity contribution in [3.63, 3.8) is 0 Å². The van der Waals surface area contributed by atoms with E-state index in [1.54, 1.807) is 14.1 Å². The third-order valence-electron chi connectivity index (χ3n) is 2.09. The zero-order chi connectivity index (χ0) is 13.5. The number of nitrogens with one attached hydrogen (secondary N) is 1. The van der Waals surface area contributed by atoms with Crippen LogP contribution in [0.25, 0.3) is 0 Å². The number of rotatable bonds is 6. The molecule has 0 fully saturated rings. The SMILES string of the molecule is CNCCC(=O)CCN(C)C(=O)OC(C)(C)C. The zero-order valence-corrected chi connectivity index (χ0v) is 11.5. The molecule has 5 nitrogen and oxygen atoms in total. The first kappa shape index (κ1) is 15.9. The fraction of sp³-hybridized carbons (Fsp3) is 0.833. The van der Waals surface area contributed by atoms with E-state index in [0.29, 0.717) is 25.9 Å². The molecule has 0 spiro atoms. The molecule has 0 atom stereocenters. The number of Topliss-reactive ketones (excluding diaryl/α,β-unsaturated/α-hetero) is 1. The maximum absolute atomic E-state index is 11.6. The third kappa shape index (κ3) is 8.68. The van der Waals surface area contributed by atoms with Crippen LogP contribution in [0.1, 0.15) is 33.6 Å². The van der Waals surface area contributed by atoms with E-state index in [-0.39, 0.29) is 11.9 Å². The average molecular weight is 244 g/mol. The molecule has 0 bridgehead atoms. The van der Waals surface area contributed by atoms with Crippen molar-refractivity contribution >= 4 is 11.9 Å². The Hall–Kier alpha value is -1.10. The second-order valence-electron chi connectivity index (χ2n) is 5.04. The highest BCUT2D eigenvalue weighted by Crippen LogP contribution is 2.09. The van der Waals surface area contributed by atoms with E-state index in [0.717, 1.165) is 0 Å². The summed E-state index contributed by atoms with van der Waals surface area (Å²) in [6.45, 7) is 6.52. The molecule has 0 rings (SSSR count). The number of hydrogen-bond donors (Lipinski definition) is 1. The predicted octanol–water partition coefficient (Wildman–Crippen LogP) is 1.42. The van der Waals surface area contributed by atoms with Gasteiger partial charge in [-0.05, 0) is 27.8 Å². The lowest BCUT2D eigenvalue weighted by atomic mass is 10.2. The van der Waals surface area contributed by atoms with Gasteiger partial charge in [-0.3, -0.25) is 4.79 Å². The van der Waals surface area contributed by atoms with Gasteiger partial charge in [0.05, 0.1) is 0 Å². The van der Waals surface area contributed by atoms with Crippen LogP contribution >= 0.6 is 0 Å². The Kier molecular flexibility index (Phi) is 6.80. The van der Waals surface area contributed by atoms with Gasteiger partial charge in [-0.1, -0.05) is 0 Å². The van der Waals surface area contributed by atoms with Gasteiger partial charge in [0.15, 0.2) is 0 Å². The predicted molar refractivity (Wildman–Crippen MR) is 67.0 cm³/mol. The molecule has 0 aliphatic heterocycles. The topological polar surface area (TPSA) is 58.6 Å². The van der Waals surface area contributed by atoms with Crippen molar-refractivity contribution < 1.29 is 14.3 Å². The van der Waals surface area contributed by atoms with Gasteiger partial charge in [-0.15, -0.1) is 0 Å². The van der Waals surface area contributed by atoms with Crippen LogP contribution in [0.3, 0.4) is 0 Å². The first-order chi connectivity index (χ1) is 7.76. The minimum Gasteiger partial charge on any atom is -0.444 e. The molecule has 1 amide bonds. The molecule has 100 valence electrons. The van der Waals surface area contributed by atoms with E-state index in [9.17, 15) is 9.59 Å². The average Bonchev–Trinajstić information content (AvgIpc) is 2.20. The molecule has 0 saturated heterocycles. The summed E-state index contributed by atoms with van der Waals surface area (Å²) in [5, 5.41) is 2.91. The molecule has 5 heteroatoms. The molecular weight excluding hydrogens is 220 g/mol. The van der Waals surface area contributed by atoms with Crippen LogP contribution in [-0.2, 0) is 9.53 Å². The van der Waals surface area contributed by atoms with Crippen LogP contribution in [0, 0.1) is 0 Å². The number of nitrogens with zero attached hydrogens (tertiary/aromatic N) is 1. The molecule has 17 heavy (non-hydrogen) atoms. The van der Waals surface area contributed by atoms with Crippen molar-refractivity contribution in [2.24, 2.45) is 0 Å². The molecule has 1 N–H and O–H groups in total. The quantitative estimate of drug-likeness (QED) is 0.767. The standard InChI is InChI=1S/C12H24N2O3/c1-12(2,3)17-11(16)14(5)9-7-10(15)6-8-13-4/h13H,6-9H2,1-5H3. The van der Waals surface area contributed by atoms with E-state index in [1.165, 1.54) is 4.90 Å². The highest BCUT2D eigenvalue weighted by atomic mass is 16.6. The van der Waals surface area contributed by atoms with Crippen LogP contribution in [0.4, 0.5) is 4.79 Å². The van der Waals surface area contributed by atoms with Gasteiger partial charge in [0.25, 0.3) is 0 Å². The van der Waals surface area contributed by atoms with Gasteiger partial charge in [-0.2, -0.15) is 0 Å². The molecule has 0 aliphatic carbocycles. The number of hydrogen-bond acceptors (Lipinski definition) is 4. The summed E-state index contributed by atoms with van der Waals surface area (Å²) < 4.78 is 5.18. The van der Waals surface area contributed by atoms with Crippen molar-refractivity contribution in [3.05, 3.63) is 0 Å². The van der Waals surface area contributed by atoms with Crippen LogP contribution in [-0.4, -0.2) is 49.6 Å². The first-order valence-corrected chi connectivity index (χ1v) is 5.86. The number of ether oxygens (including phenoxy) is 1. The van der Waals surface area contributed by atoms with Gasteiger partial charge < -0.3 is 15.0 Å². The van der Waals surface area contributed by atoms with Crippen LogP contribution in [0.15, 0.2) is 0 Å². The summed E-state index contributed by atoms with van der Waals surface area (Å²) in [5.41, 5.74) is -0.499. The molecule has 0 aromatic rings. The molecular formula is C12H24N2O3. The normalized spacial score (nSPS) is 11.1. The fourth-order valence-electron chi connectivity index (χ4n) is 1.11. The largest absolute Gasteiger partial charge is 0.444 e. The Balaban J connectivity index is 3.89.